The van der Waals surface area contributed by atoms with Crippen molar-refractivity contribution in [2.24, 2.45) is 35.5 Å². The highest BCUT2D eigenvalue weighted by molar-refractivity contribution is 5.07. The zero-order valence-electron chi connectivity index (χ0n) is 18.9. The first kappa shape index (κ1) is 21.4. The third-order valence-electron chi connectivity index (χ3n) is 8.76. The van der Waals surface area contributed by atoms with Crippen LogP contribution in [-0.2, 0) is 0 Å². The van der Waals surface area contributed by atoms with Gasteiger partial charge in [-0.25, -0.2) is 0 Å². The summed E-state index contributed by atoms with van der Waals surface area (Å²) in [5.41, 5.74) is 1.76. The van der Waals surface area contributed by atoms with E-state index in [4.69, 9.17) is 0 Å². The normalized spacial score (nSPS) is 38.7. The van der Waals surface area contributed by atoms with Crippen LogP contribution in [0.25, 0.3) is 0 Å². The molecule has 3 rings (SSSR count). The highest BCUT2D eigenvalue weighted by Crippen LogP contribution is 2.43. The van der Waals surface area contributed by atoms with E-state index in [9.17, 15) is 0 Å². The maximum absolute atomic E-state index is 2.74. The minimum absolute atomic E-state index is 0.908. The second-order valence-corrected chi connectivity index (χ2v) is 10.7. The van der Waals surface area contributed by atoms with Gasteiger partial charge in [0.15, 0.2) is 0 Å². The molecule has 0 atom stereocenters. The summed E-state index contributed by atoms with van der Waals surface area (Å²) in [6, 6.07) is 0. The number of rotatable bonds is 7. The molecule has 0 aromatic carbocycles. The highest BCUT2D eigenvalue weighted by Gasteiger charge is 2.30. The predicted octanol–water partition coefficient (Wildman–Crippen LogP) is 8.95. The van der Waals surface area contributed by atoms with Gasteiger partial charge < -0.3 is 0 Å². The molecule has 3 aliphatic rings. The molecule has 0 heteroatoms. The van der Waals surface area contributed by atoms with Gasteiger partial charge in [-0.15, -0.1) is 0 Å². The minimum atomic E-state index is 0.908. The van der Waals surface area contributed by atoms with Gasteiger partial charge in [0, 0.05) is 0 Å². The monoisotopic (exact) mass is 372 g/mol. The van der Waals surface area contributed by atoms with Crippen LogP contribution in [0.5, 0.6) is 0 Å². The Balaban J connectivity index is 1.38. The minimum Gasteiger partial charge on any atom is -0.0822 e. The Bertz CT molecular complexity index is 423. The molecule has 0 heterocycles. The Hall–Kier alpha value is -0.260. The maximum atomic E-state index is 2.74. The molecule has 0 aromatic heterocycles. The average Bonchev–Trinajstić information content (AvgIpc) is 2.70. The molecule has 0 bridgehead atoms. The van der Waals surface area contributed by atoms with Gasteiger partial charge in [-0.05, 0) is 107 Å². The van der Waals surface area contributed by atoms with Gasteiger partial charge >= 0.3 is 0 Å². The lowest BCUT2D eigenvalue weighted by Crippen LogP contribution is -2.25. The molecule has 0 amide bonds. The summed E-state index contributed by atoms with van der Waals surface area (Å²) < 4.78 is 0. The van der Waals surface area contributed by atoms with Crippen molar-refractivity contribution >= 4 is 0 Å². The number of allylic oxidation sites excluding steroid dienone is 2. The van der Waals surface area contributed by atoms with Crippen LogP contribution in [0.2, 0.25) is 0 Å². The van der Waals surface area contributed by atoms with Crippen molar-refractivity contribution in [1.82, 2.24) is 0 Å². The summed E-state index contributed by atoms with van der Waals surface area (Å²) in [6.07, 6.45) is 26.6. The summed E-state index contributed by atoms with van der Waals surface area (Å²) in [7, 11) is 0. The van der Waals surface area contributed by atoms with E-state index in [1.54, 1.807) is 18.4 Å². The van der Waals surface area contributed by atoms with E-state index in [0.29, 0.717) is 0 Å². The second-order valence-electron chi connectivity index (χ2n) is 10.7. The molecule has 3 fully saturated rings. The van der Waals surface area contributed by atoms with Crippen LogP contribution >= 0.6 is 0 Å². The van der Waals surface area contributed by atoms with Crippen LogP contribution < -0.4 is 0 Å². The smallest absolute Gasteiger partial charge is 0.0206 e. The molecule has 0 N–H and O–H groups in total. The summed E-state index contributed by atoms with van der Waals surface area (Å²) in [6.45, 7) is 7.18. The van der Waals surface area contributed by atoms with E-state index in [1.165, 1.54) is 89.9 Å². The van der Waals surface area contributed by atoms with E-state index in [-0.39, 0.29) is 0 Å². The zero-order chi connectivity index (χ0) is 19.1. The van der Waals surface area contributed by atoms with Crippen LogP contribution in [0.15, 0.2) is 11.6 Å². The van der Waals surface area contributed by atoms with Crippen molar-refractivity contribution < 1.29 is 0 Å². The van der Waals surface area contributed by atoms with E-state index >= 15 is 0 Å². The molecule has 156 valence electrons. The molecule has 3 saturated carbocycles. The number of hydrogen-bond donors (Lipinski definition) is 0. The van der Waals surface area contributed by atoms with Crippen molar-refractivity contribution in [1.29, 1.82) is 0 Å². The Morgan fingerprint density at radius 1 is 0.630 bits per heavy atom. The van der Waals surface area contributed by atoms with Crippen LogP contribution in [0, 0.1) is 35.5 Å². The molecular weight excluding hydrogens is 324 g/mol. The van der Waals surface area contributed by atoms with Gasteiger partial charge in [-0.2, -0.15) is 0 Å². The molecule has 0 nitrogen and oxygen atoms in total. The van der Waals surface area contributed by atoms with Crippen molar-refractivity contribution in [3.63, 3.8) is 0 Å². The summed E-state index contributed by atoms with van der Waals surface area (Å²) in [5, 5.41) is 0. The van der Waals surface area contributed by atoms with Gasteiger partial charge in [0.25, 0.3) is 0 Å². The van der Waals surface area contributed by atoms with Crippen molar-refractivity contribution in [3.05, 3.63) is 11.6 Å². The summed E-state index contributed by atoms with van der Waals surface area (Å²) >= 11 is 0. The van der Waals surface area contributed by atoms with Gasteiger partial charge in [0.1, 0.15) is 0 Å². The zero-order valence-corrected chi connectivity index (χ0v) is 18.9. The Kier molecular flexibility index (Phi) is 8.79. The molecule has 0 radical (unpaired) electrons. The van der Waals surface area contributed by atoms with E-state index in [0.717, 1.165) is 35.5 Å². The van der Waals surface area contributed by atoms with Crippen LogP contribution in [0.4, 0.5) is 0 Å². The third kappa shape index (κ3) is 6.37. The van der Waals surface area contributed by atoms with Crippen LogP contribution in [-0.4, -0.2) is 0 Å². The average molecular weight is 373 g/mol. The van der Waals surface area contributed by atoms with Crippen molar-refractivity contribution in [2.45, 2.75) is 124 Å². The van der Waals surface area contributed by atoms with Gasteiger partial charge in [0.2, 0.25) is 0 Å². The van der Waals surface area contributed by atoms with Crippen LogP contribution in [0.1, 0.15) is 124 Å². The quantitative estimate of drug-likeness (QED) is 0.391. The second kappa shape index (κ2) is 11.1. The third-order valence-corrected chi connectivity index (χ3v) is 8.76. The Morgan fingerprint density at radius 3 is 1.56 bits per heavy atom. The van der Waals surface area contributed by atoms with Crippen molar-refractivity contribution in [2.75, 3.05) is 0 Å². The van der Waals surface area contributed by atoms with Crippen molar-refractivity contribution in [3.8, 4) is 0 Å². The fraction of sp³-hybridized carbons (Fsp3) is 0.926. The summed E-state index contributed by atoms with van der Waals surface area (Å²) in [4.78, 5) is 0. The van der Waals surface area contributed by atoms with E-state index in [2.05, 4.69) is 26.8 Å². The topological polar surface area (TPSA) is 0 Å². The largest absolute Gasteiger partial charge is 0.0822 e. The standard InChI is InChI=1S/C27H48/c1-4-6-22-8-14-25(15-9-22)21(3)20-24-12-18-27(19-13-24)26-16-10-23(7-5-2)11-17-26/h20,22-27H,4-19H2,1-3H3. The maximum Gasteiger partial charge on any atom is -0.0206 e. The van der Waals surface area contributed by atoms with Gasteiger partial charge in [-0.3, -0.25) is 0 Å². The fourth-order valence-electron chi connectivity index (χ4n) is 6.96. The summed E-state index contributed by atoms with van der Waals surface area (Å²) in [5.74, 6) is 6.10. The molecule has 0 saturated heterocycles. The lowest BCUT2D eigenvalue weighted by molar-refractivity contribution is 0.152. The molecule has 27 heavy (non-hydrogen) atoms. The molecular formula is C27H48. The van der Waals surface area contributed by atoms with Gasteiger partial charge in [-0.1, -0.05) is 64.0 Å². The first-order valence-corrected chi connectivity index (χ1v) is 12.9. The van der Waals surface area contributed by atoms with E-state index < -0.39 is 0 Å². The van der Waals surface area contributed by atoms with Crippen LogP contribution in [0.3, 0.4) is 0 Å². The Morgan fingerprint density at radius 2 is 1.07 bits per heavy atom. The SMILES string of the molecule is CCCC1CCC(C(C)=CC2CCC(C3CCC(CCC)CC3)CC2)CC1. The number of hydrogen-bond acceptors (Lipinski definition) is 0. The first-order chi connectivity index (χ1) is 13.2. The lowest BCUT2D eigenvalue weighted by Gasteiger charge is -2.37. The fourth-order valence-corrected chi connectivity index (χ4v) is 6.96. The molecule has 0 unspecified atom stereocenters. The van der Waals surface area contributed by atoms with E-state index in [1.807, 2.05) is 0 Å². The van der Waals surface area contributed by atoms with Gasteiger partial charge in [0.05, 0.1) is 0 Å². The highest BCUT2D eigenvalue weighted by atomic mass is 14.4. The molecule has 3 aliphatic carbocycles. The molecule has 0 aromatic rings. The first-order valence-electron chi connectivity index (χ1n) is 12.9. The predicted molar refractivity (Wildman–Crippen MR) is 120 cm³/mol. The lowest BCUT2D eigenvalue weighted by atomic mass is 9.68. The molecule has 0 spiro atoms. The molecule has 0 aliphatic heterocycles. The Labute approximate surface area is 171 Å².